The molecule has 0 aliphatic heterocycles. The van der Waals surface area contributed by atoms with Crippen LogP contribution in [0.5, 0.6) is 0 Å². The second-order valence-electron chi connectivity index (χ2n) is 4.23. The number of hydrogen-bond acceptors (Lipinski definition) is 2. The van der Waals surface area contributed by atoms with Crippen molar-refractivity contribution in [1.82, 2.24) is 10.6 Å². The van der Waals surface area contributed by atoms with Crippen molar-refractivity contribution in [2.24, 2.45) is 0 Å². The molecule has 17 heavy (non-hydrogen) atoms. The van der Waals surface area contributed by atoms with E-state index in [0.717, 1.165) is 11.4 Å². The maximum Gasteiger partial charge on any atom is 0.236 e. The van der Waals surface area contributed by atoms with Crippen molar-refractivity contribution in [3.63, 3.8) is 0 Å². The summed E-state index contributed by atoms with van der Waals surface area (Å²) in [6.45, 7) is 3.92. The van der Waals surface area contributed by atoms with E-state index in [0.29, 0.717) is 0 Å². The molecule has 2 atom stereocenters. The number of likely N-dealkylation sites (N-methyl/N-ethyl adjacent to an activating group) is 1. The minimum absolute atomic E-state index is 0.00737. The van der Waals surface area contributed by atoms with Crippen molar-refractivity contribution >= 4 is 17.5 Å². The SMILES string of the molecule is CNC(=O)C(C)NC(C)Cc1ccc(Cl)cc1. The molecule has 0 saturated carbocycles. The lowest BCUT2D eigenvalue weighted by molar-refractivity contribution is -0.122. The number of halogens is 1. The zero-order valence-electron chi connectivity index (χ0n) is 10.5. The van der Waals surface area contributed by atoms with Gasteiger partial charge < -0.3 is 10.6 Å². The van der Waals surface area contributed by atoms with Crippen molar-refractivity contribution in [3.05, 3.63) is 34.9 Å². The molecule has 0 saturated heterocycles. The normalized spacial score (nSPS) is 14.1. The van der Waals surface area contributed by atoms with E-state index in [9.17, 15) is 4.79 Å². The molecule has 0 aliphatic carbocycles. The first-order valence-electron chi connectivity index (χ1n) is 5.75. The van der Waals surface area contributed by atoms with Crippen molar-refractivity contribution < 1.29 is 4.79 Å². The predicted molar refractivity (Wildman–Crippen MR) is 71.3 cm³/mol. The molecule has 4 heteroatoms. The van der Waals surface area contributed by atoms with Crippen LogP contribution in [0.15, 0.2) is 24.3 Å². The fourth-order valence-electron chi connectivity index (χ4n) is 1.75. The Hall–Kier alpha value is -1.06. The van der Waals surface area contributed by atoms with Gasteiger partial charge in [0.05, 0.1) is 6.04 Å². The highest BCUT2D eigenvalue weighted by molar-refractivity contribution is 6.30. The molecule has 1 aromatic rings. The highest BCUT2D eigenvalue weighted by atomic mass is 35.5. The minimum Gasteiger partial charge on any atom is -0.358 e. The summed E-state index contributed by atoms with van der Waals surface area (Å²) in [5, 5.41) is 6.61. The molecule has 0 radical (unpaired) electrons. The van der Waals surface area contributed by atoms with Gasteiger partial charge in [-0.2, -0.15) is 0 Å². The van der Waals surface area contributed by atoms with E-state index < -0.39 is 0 Å². The fraction of sp³-hybridized carbons (Fsp3) is 0.462. The van der Waals surface area contributed by atoms with Crippen LogP contribution in [0, 0.1) is 0 Å². The van der Waals surface area contributed by atoms with Gasteiger partial charge in [-0.25, -0.2) is 0 Å². The molecule has 1 amide bonds. The molecule has 2 N–H and O–H groups in total. The molecule has 0 bridgehead atoms. The van der Waals surface area contributed by atoms with Gasteiger partial charge in [-0.05, 0) is 38.0 Å². The van der Waals surface area contributed by atoms with Gasteiger partial charge >= 0.3 is 0 Å². The van der Waals surface area contributed by atoms with Gasteiger partial charge in [0, 0.05) is 18.1 Å². The van der Waals surface area contributed by atoms with Gasteiger partial charge in [-0.3, -0.25) is 4.79 Å². The molecular formula is C13H19ClN2O. The van der Waals surface area contributed by atoms with Gasteiger partial charge in [-0.1, -0.05) is 23.7 Å². The molecule has 0 aromatic heterocycles. The highest BCUT2D eigenvalue weighted by Crippen LogP contribution is 2.11. The predicted octanol–water partition coefficient (Wildman–Crippen LogP) is 2.00. The molecule has 0 fully saturated rings. The maximum atomic E-state index is 11.4. The quantitative estimate of drug-likeness (QED) is 0.844. The van der Waals surface area contributed by atoms with Crippen LogP contribution >= 0.6 is 11.6 Å². The second kappa shape index (κ2) is 6.62. The summed E-state index contributed by atoms with van der Waals surface area (Å²) < 4.78 is 0. The fourth-order valence-corrected chi connectivity index (χ4v) is 1.88. The third-order valence-electron chi connectivity index (χ3n) is 2.63. The minimum atomic E-state index is -0.178. The zero-order valence-corrected chi connectivity index (χ0v) is 11.2. The molecule has 1 rings (SSSR count). The molecule has 0 aliphatic rings. The topological polar surface area (TPSA) is 41.1 Å². The van der Waals surface area contributed by atoms with Crippen molar-refractivity contribution in [2.45, 2.75) is 32.4 Å². The lowest BCUT2D eigenvalue weighted by Gasteiger charge is -2.18. The van der Waals surface area contributed by atoms with Gasteiger partial charge in [0.2, 0.25) is 5.91 Å². The number of carbonyl (C=O) groups excluding carboxylic acids is 1. The number of rotatable bonds is 5. The van der Waals surface area contributed by atoms with Crippen LogP contribution in [0.4, 0.5) is 0 Å². The van der Waals surface area contributed by atoms with E-state index in [2.05, 4.69) is 17.6 Å². The largest absolute Gasteiger partial charge is 0.358 e. The Morgan fingerprint density at radius 2 is 1.88 bits per heavy atom. The Kier molecular flexibility index (Phi) is 5.45. The molecule has 1 aromatic carbocycles. The molecule has 2 unspecified atom stereocenters. The summed E-state index contributed by atoms with van der Waals surface area (Å²) in [6, 6.07) is 7.83. The van der Waals surface area contributed by atoms with Crippen molar-refractivity contribution in [3.8, 4) is 0 Å². The Labute approximate surface area is 108 Å². The van der Waals surface area contributed by atoms with Crippen LogP contribution in [-0.2, 0) is 11.2 Å². The van der Waals surface area contributed by atoms with Gasteiger partial charge in [-0.15, -0.1) is 0 Å². The summed E-state index contributed by atoms with van der Waals surface area (Å²) in [5.41, 5.74) is 1.21. The Bertz CT molecular complexity index is 364. The van der Waals surface area contributed by atoms with E-state index in [4.69, 9.17) is 11.6 Å². The molecule has 0 heterocycles. The second-order valence-corrected chi connectivity index (χ2v) is 4.67. The first-order valence-corrected chi connectivity index (χ1v) is 6.12. The van der Waals surface area contributed by atoms with E-state index in [1.807, 2.05) is 31.2 Å². The van der Waals surface area contributed by atoms with Crippen LogP contribution in [0.1, 0.15) is 19.4 Å². The number of hydrogen-bond donors (Lipinski definition) is 2. The lowest BCUT2D eigenvalue weighted by atomic mass is 10.1. The van der Waals surface area contributed by atoms with Crippen molar-refractivity contribution in [2.75, 3.05) is 7.05 Å². The molecule has 0 spiro atoms. The number of nitrogens with one attached hydrogen (secondary N) is 2. The Morgan fingerprint density at radius 1 is 1.29 bits per heavy atom. The first-order chi connectivity index (χ1) is 8.02. The van der Waals surface area contributed by atoms with Gasteiger partial charge in [0.1, 0.15) is 0 Å². The summed E-state index contributed by atoms with van der Waals surface area (Å²) in [4.78, 5) is 11.4. The van der Waals surface area contributed by atoms with Crippen LogP contribution in [-0.4, -0.2) is 25.0 Å². The highest BCUT2D eigenvalue weighted by Gasteiger charge is 2.13. The summed E-state index contributed by atoms with van der Waals surface area (Å²) >= 11 is 5.82. The smallest absolute Gasteiger partial charge is 0.236 e. The van der Waals surface area contributed by atoms with Gasteiger partial charge in [0.15, 0.2) is 0 Å². The lowest BCUT2D eigenvalue weighted by Crippen LogP contribution is -2.45. The zero-order chi connectivity index (χ0) is 12.8. The van der Waals surface area contributed by atoms with Crippen LogP contribution in [0.2, 0.25) is 5.02 Å². The van der Waals surface area contributed by atoms with Crippen LogP contribution in [0.3, 0.4) is 0 Å². The van der Waals surface area contributed by atoms with Gasteiger partial charge in [0.25, 0.3) is 0 Å². The third kappa shape index (κ3) is 4.75. The Morgan fingerprint density at radius 3 is 2.41 bits per heavy atom. The summed E-state index contributed by atoms with van der Waals surface area (Å²) in [5.74, 6) is 0.00737. The first kappa shape index (κ1) is 14.0. The molecule has 94 valence electrons. The van der Waals surface area contributed by atoms with E-state index in [-0.39, 0.29) is 18.0 Å². The summed E-state index contributed by atoms with van der Waals surface area (Å²) in [7, 11) is 1.64. The standard InChI is InChI=1S/C13H19ClN2O/c1-9(16-10(2)13(17)15-3)8-11-4-6-12(14)7-5-11/h4-7,9-10,16H,8H2,1-3H3,(H,15,17). The Balaban J connectivity index is 2.46. The molecule has 3 nitrogen and oxygen atoms in total. The van der Waals surface area contributed by atoms with E-state index in [1.54, 1.807) is 7.05 Å². The van der Waals surface area contributed by atoms with Crippen LogP contribution < -0.4 is 10.6 Å². The average Bonchev–Trinajstić information content (AvgIpc) is 2.30. The van der Waals surface area contributed by atoms with E-state index in [1.165, 1.54) is 5.56 Å². The van der Waals surface area contributed by atoms with E-state index >= 15 is 0 Å². The van der Waals surface area contributed by atoms with Crippen molar-refractivity contribution in [1.29, 1.82) is 0 Å². The number of benzene rings is 1. The number of amides is 1. The monoisotopic (exact) mass is 254 g/mol. The third-order valence-corrected chi connectivity index (χ3v) is 2.88. The average molecular weight is 255 g/mol. The molecular weight excluding hydrogens is 236 g/mol. The number of carbonyl (C=O) groups is 1. The summed E-state index contributed by atoms with van der Waals surface area (Å²) in [6.07, 6.45) is 0.874. The maximum absolute atomic E-state index is 11.4. The van der Waals surface area contributed by atoms with Crippen LogP contribution in [0.25, 0.3) is 0 Å².